The Morgan fingerprint density at radius 1 is 1.15 bits per heavy atom. The topological polar surface area (TPSA) is 12.0 Å². The highest BCUT2D eigenvalue weighted by Gasteiger charge is 2.22. The van der Waals surface area contributed by atoms with E-state index in [9.17, 15) is 4.39 Å². The highest BCUT2D eigenvalue weighted by Crippen LogP contribution is 2.35. The van der Waals surface area contributed by atoms with E-state index in [1.54, 1.807) is 12.1 Å². The van der Waals surface area contributed by atoms with Crippen LogP contribution >= 0.6 is 15.9 Å². The van der Waals surface area contributed by atoms with Crippen molar-refractivity contribution >= 4 is 21.6 Å². The zero-order valence-corrected chi connectivity index (χ0v) is 13.2. The van der Waals surface area contributed by atoms with Crippen LogP contribution in [0.4, 0.5) is 10.1 Å². The minimum Gasteiger partial charge on any atom is -0.378 e. The zero-order chi connectivity index (χ0) is 14.3. The van der Waals surface area contributed by atoms with Gasteiger partial charge in [0.25, 0.3) is 0 Å². The smallest absolute Gasteiger partial charge is 0.123 e. The van der Waals surface area contributed by atoms with Crippen LogP contribution < -0.4 is 5.32 Å². The van der Waals surface area contributed by atoms with Gasteiger partial charge in [-0.3, -0.25) is 0 Å². The van der Waals surface area contributed by atoms with Crippen molar-refractivity contribution in [2.24, 2.45) is 0 Å². The standard InChI is InChI=1S/C17H17BrFN/c1-10-7-14(8-11(2)17(10)18)20-16-6-3-12-9-13(19)4-5-15(12)16/h4-5,7-9,16,20H,3,6H2,1-2H3. The Hall–Kier alpha value is -1.35. The van der Waals surface area contributed by atoms with Gasteiger partial charge in [0.15, 0.2) is 0 Å². The first-order valence-electron chi connectivity index (χ1n) is 6.86. The number of nitrogens with one attached hydrogen (secondary N) is 1. The molecule has 1 aliphatic carbocycles. The first-order chi connectivity index (χ1) is 9.54. The Labute approximate surface area is 127 Å². The van der Waals surface area contributed by atoms with Crippen LogP contribution in [0, 0.1) is 19.7 Å². The van der Waals surface area contributed by atoms with Crippen LogP contribution in [0.25, 0.3) is 0 Å². The third-order valence-electron chi connectivity index (χ3n) is 3.96. The summed E-state index contributed by atoms with van der Waals surface area (Å²) in [6.07, 6.45) is 1.96. The predicted octanol–water partition coefficient (Wildman–Crippen LogP) is 5.30. The number of rotatable bonds is 2. The minimum absolute atomic E-state index is 0.139. The van der Waals surface area contributed by atoms with Gasteiger partial charge in [0.05, 0.1) is 6.04 Å². The lowest BCUT2D eigenvalue weighted by molar-refractivity contribution is 0.626. The fraction of sp³-hybridized carbons (Fsp3) is 0.294. The summed E-state index contributed by atoms with van der Waals surface area (Å²) >= 11 is 3.59. The quantitative estimate of drug-likeness (QED) is 0.785. The second-order valence-corrected chi connectivity index (χ2v) is 6.30. The third kappa shape index (κ3) is 2.47. The third-order valence-corrected chi connectivity index (χ3v) is 5.21. The number of anilines is 1. The number of fused-ring (bicyclic) bond motifs is 1. The maximum Gasteiger partial charge on any atom is 0.123 e. The molecule has 0 aromatic heterocycles. The molecule has 2 aromatic rings. The SMILES string of the molecule is Cc1cc(NC2CCc3cc(F)ccc32)cc(C)c1Br. The molecule has 1 unspecified atom stereocenters. The molecule has 0 saturated carbocycles. The summed E-state index contributed by atoms with van der Waals surface area (Å²) in [6, 6.07) is 9.71. The molecule has 0 amide bonds. The lowest BCUT2D eigenvalue weighted by Crippen LogP contribution is -2.07. The summed E-state index contributed by atoms with van der Waals surface area (Å²) in [7, 11) is 0. The van der Waals surface area contributed by atoms with E-state index in [2.05, 4.69) is 47.2 Å². The molecule has 1 nitrogen and oxygen atoms in total. The molecule has 2 aromatic carbocycles. The van der Waals surface area contributed by atoms with Crippen molar-refractivity contribution in [2.75, 3.05) is 5.32 Å². The van der Waals surface area contributed by atoms with Gasteiger partial charge in [-0.2, -0.15) is 0 Å². The molecule has 0 saturated heterocycles. The van der Waals surface area contributed by atoms with Crippen molar-refractivity contribution in [1.82, 2.24) is 0 Å². The average Bonchev–Trinajstić information content (AvgIpc) is 2.78. The summed E-state index contributed by atoms with van der Waals surface area (Å²) in [6.45, 7) is 4.19. The first kappa shape index (κ1) is 13.6. The normalized spacial score (nSPS) is 17.1. The molecule has 0 bridgehead atoms. The van der Waals surface area contributed by atoms with Crippen molar-refractivity contribution in [1.29, 1.82) is 0 Å². The summed E-state index contributed by atoms with van der Waals surface area (Å²) in [5, 5.41) is 3.58. The number of hydrogen-bond acceptors (Lipinski definition) is 1. The zero-order valence-electron chi connectivity index (χ0n) is 11.6. The Balaban J connectivity index is 1.87. The van der Waals surface area contributed by atoms with Gasteiger partial charge in [-0.05, 0) is 73.2 Å². The average molecular weight is 334 g/mol. The number of aryl methyl sites for hydroxylation is 3. The van der Waals surface area contributed by atoms with Crippen LogP contribution in [0.1, 0.15) is 34.7 Å². The maximum atomic E-state index is 13.2. The van der Waals surface area contributed by atoms with E-state index in [0.717, 1.165) is 28.6 Å². The van der Waals surface area contributed by atoms with Gasteiger partial charge in [0.1, 0.15) is 5.82 Å². The van der Waals surface area contributed by atoms with Crippen molar-refractivity contribution in [2.45, 2.75) is 32.7 Å². The Morgan fingerprint density at radius 3 is 2.55 bits per heavy atom. The number of halogens is 2. The van der Waals surface area contributed by atoms with Crippen molar-refractivity contribution in [3.63, 3.8) is 0 Å². The molecule has 0 spiro atoms. The number of benzene rings is 2. The molecule has 3 rings (SSSR count). The Bertz CT molecular complexity index is 643. The summed E-state index contributed by atoms with van der Waals surface area (Å²) in [4.78, 5) is 0. The molecular formula is C17H17BrFN. The van der Waals surface area contributed by atoms with Gasteiger partial charge in [-0.15, -0.1) is 0 Å². The molecule has 0 radical (unpaired) electrons. The molecule has 0 fully saturated rings. The molecule has 20 heavy (non-hydrogen) atoms. The monoisotopic (exact) mass is 333 g/mol. The molecule has 3 heteroatoms. The van der Waals surface area contributed by atoms with E-state index in [0.29, 0.717) is 0 Å². The van der Waals surface area contributed by atoms with E-state index in [4.69, 9.17) is 0 Å². The second-order valence-electron chi connectivity index (χ2n) is 5.50. The molecule has 0 aliphatic heterocycles. The van der Waals surface area contributed by atoms with Crippen molar-refractivity contribution < 1.29 is 4.39 Å². The predicted molar refractivity (Wildman–Crippen MR) is 84.7 cm³/mol. The van der Waals surface area contributed by atoms with Gasteiger partial charge in [0, 0.05) is 10.2 Å². The first-order valence-corrected chi connectivity index (χ1v) is 7.65. The van der Waals surface area contributed by atoms with E-state index >= 15 is 0 Å². The van der Waals surface area contributed by atoms with E-state index in [-0.39, 0.29) is 11.9 Å². The highest BCUT2D eigenvalue weighted by molar-refractivity contribution is 9.10. The number of hydrogen-bond donors (Lipinski definition) is 1. The summed E-state index contributed by atoms with van der Waals surface area (Å²) in [5.74, 6) is -0.139. The van der Waals surface area contributed by atoms with Crippen LogP contribution in [0.15, 0.2) is 34.8 Å². The van der Waals surface area contributed by atoms with E-state index in [1.165, 1.54) is 16.7 Å². The summed E-state index contributed by atoms with van der Waals surface area (Å²) < 4.78 is 14.4. The van der Waals surface area contributed by atoms with Gasteiger partial charge >= 0.3 is 0 Å². The van der Waals surface area contributed by atoms with Gasteiger partial charge in [-0.1, -0.05) is 22.0 Å². The fourth-order valence-corrected chi connectivity index (χ4v) is 3.20. The van der Waals surface area contributed by atoms with Gasteiger partial charge in [0.2, 0.25) is 0 Å². The van der Waals surface area contributed by atoms with Crippen LogP contribution in [0.5, 0.6) is 0 Å². The lowest BCUT2D eigenvalue weighted by Gasteiger charge is -2.17. The highest BCUT2D eigenvalue weighted by atomic mass is 79.9. The molecular weight excluding hydrogens is 317 g/mol. The largest absolute Gasteiger partial charge is 0.378 e. The Kier molecular flexibility index (Phi) is 3.55. The Morgan fingerprint density at radius 2 is 1.85 bits per heavy atom. The fourth-order valence-electron chi connectivity index (χ4n) is 2.97. The van der Waals surface area contributed by atoms with E-state index in [1.807, 2.05) is 6.07 Å². The van der Waals surface area contributed by atoms with Gasteiger partial charge in [-0.25, -0.2) is 4.39 Å². The van der Waals surface area contributed by atoms with Crippen LogP contribution in [-0.2, 0) is 6.42 Å². The minimum atomic E-state index is -0.139. The van der Waals surface area contributed by atoms with Crippen LogP contribution in [-0.4, -0.2) is 0 Å². The van der Waals surface area contributed by atoms with Crippen LogP contribution in [0.2, 0.25) is 0 Å². The molecule has 0 heterocycles. The second kappa shape index (κ2) is 5.21. The van der Waals surface area contributed by atoms with Crippen molar-refractivity contribution in [3.8, 4) is 0 Å². The van der Waals surface area contributed by atoms with E-state index < -0.39 is 0 Å². The van der Waals surface area contributed by atoms with Crippen LogP contribution in [0.3, 0.4) is 0 Å². The summed E-state index contributed by atoms with van der Waals surface area (Å²) in [5.41, 5.74) is 5.94. The van der Waals surface area contributed by atoms with Crippen molar-refractivity contribution in [3.05, 3.63) is 62.9 Å². The maximum absolute atomic E-state index is 13.2. The molecule has 1 atom stereocenters. The molecule has 1 aliphatic rings. The lowest BCUT2D eigenvalue weighted by atomic mass is 10.1. The molecule has 1 N–H and O–H groups in total. The van der Waals surface area contributed by atoms with Gasteiger partial charge < -0.3 is 5.32 Å². The molecule has 104 valence electrons.